The number of nitrogens with zero attached hydrogens (tertiary/aromatic N) is 2. The molecule has 1 aromatic heterocycles. The molecule has 3 atom stereocenters. The van der Waals surface area contributed by atoms with Crippen LogP contribution in [-0.2, 0) is 9.53 Å². The summed E-state index contributed by atoms with van der Waals surface area (Å²) in [6.07, 6.45) is 2.00. The summed E-state index contributed by atoms with van der Waals surface area (Å²) < 4.78 is 17.3. The molecule has 1 fully saturated rings. The number of benzene rings is 1. The van der Waals surface area contributed by atoms with Crippen LogP contribution in [0.2, 0.25) is 0 Å². The smallest absolute Gasteiger partial charge is 0.323 e. The van der Waals surface area contributed by atoms with Gasteiger partial charge in [0.05, 0.1) is 24.1 Å². The molecule has 3 heterocycles. The highest BCUT2D eigenvalue weighted by atomic mass is 16.5. The van der Waals surface area contributed by atoms with Crippen LogP contribution < -0.4 is 20.7 Å². The highest BCUT2D eigenvalue weighted by Gasteiger charge is 2.39. The number of carbonyl (C=O) groups excluding carboxylic acids is 3. The van der Waals surface area contributed by atoms with E-state index in [1.54, 1.807) is 44.0 Å². The van der Waals surface area contributed by atoms with E-state index < -0.39 is 6.03 Å². The average molecular weight is 500 g/mol. The Morgan fingerprint density at radius 1 is 1.19 bits per heavy atom. The van der Waals surface area contributed by atoms with Crippen molar-refractivity contribution in [2.45, 2.75) is 64.7 Å². The molecule has 4 rings (SSSR count). The lowest BCUT2D eigenvalue weighted by atomic mass is 9.94. The van der Waals surface area contributed by atoms with Gasteiger partial charge in [-0.1, -0.05) is 12.1 Å². The Hall–Kier alpha value is -3.60. The average Bonchev–Trinajstić information content (AvgIpc) is 3.17. The van der Waals surface area contributed by atoms with Gasteiger partial charge in [-0.25, -0.2) is 4.79 Å². The van der Waals surface area contributed by atoms with E-state index in [-0.39, 0.29) is 36.7 Å². The van der Waals surface area contributed by atoms with Gasteiger partial charge in [0, 0.05) is 19.3 Å². The van der Waals surface area contributed by atoms with Crippen LogP contribution in [0.25, 0.3) is 0 Å². The molecule has 0 aliphatic carbocycles. The van der Waals surface area contributed by atoms with Crippen molar-refractivity contribution in [2.75, 3.05) is 30.8 Å². The van der Waals surface area contributed by atoms with E-state index in [4.69, 9.17) is 14.0 Å². The first kappa shape index (κ1) is 25.5. The zero-order valence-electron chi connectivity index (χ0n) is 21.1. The van der Waals surface area contributed by atoms with Crippen LogP contribution in [0.5, 0.6) is 5.75 Å². The maximum atomic E-state index is 13.4. The normalized spacial score (nSPS) is 21.4. The first-order valence-electron chi connectivity index (χ1n) is 12.2. The van der Waals surface area contributed by atoms with Crippen LogP contribution >= 0.6 is 0 Å². The van der Waals surface area contributed by atoms with Crippen molar-refractivity contribution in [3.05, 3.63) is 35.2 Å². The van der Waals surface area contributed by atoms with Crippen molar-refractivity contribution in [2.24, 2.45) is 0 Å². The molecule has 0 bridgehead atoms. The number of ether oxygens (including phenoxy) is 2. The van der Waals surface area contributed by atoms with Crippen molar-refractivity contribution in [1.29, 1.82) is 0 Å². The van der Waals surface area contributed by atoms with Gasteiger partial charge in [-0.3, -0.25) is 9.59 Å². The second kappa shape index (κ2) is 11.0. The first-order chi connectivity index (χ1) is 17.3. The molecule has 1 aromatic carbocycles. The van der Waals surface area contributed by atoms with E-state index >= 15 is 0 Å². The number of aromatic nitrogens is 1. The summed E-state index contributed by atoms with van der Waals surface area (Å²) in [6, 6.07) is 4.27. The number of anilines is 2. The molecule has 0 unspecified atom stereocenters. The van der Waals surface area contributed by atoms with Crippen LogP contribution in [0, 0.1) is 13.8 Å². The number of hydrogen-bond donors (Lipinski definition) is 3. The summed E-state index contributed by atoms with van der Waals surface area (Å²) in [5.41, 5.74) is 1.87. The van der Waals surface area contributed by atoms with Gasteiger partial charge in [0.1, 0.15) is 29.8 Å². The number of hydrogen-bond acceptors (Lipinski definition) is 7. The number of aryl methyl sites for hydroxylation is 2. The molecule has 3 N–H and O–H groups in total. The van der Waals surface area contributed by atoms with Crippen molar-refractivity contribution >= 4 is 29.2 Å². The number of amides is 4. The van der Waals surface area contributed by atoms with Crippen molar-refractivity contribution in [3.63, 3.8) is 0 Å². The summed E-state index contributed by atoms with van der Waals surface area (Å²) >= 11 is 0. The standard InChI is InChI=1S/C25H33N5O6/c1-5-10-26-22(31)12-17-7-8-19-21(35-17)13-34-20-9-6-16(11-18(20)24(32)30(19)4)27-25(33)28-23-14(2)29-36-15(23)3/h6,9,11,17,19,21H,5,7-8,10,12-13H2,1-4H3,(H,26,31)(H2,27,28,33)/t17-,19+,21+/m1/s1. The van der Waals surface area contributed by atoms with Crippen LogP contribution in [0.4, 0.5) is 16.2 Å². The fourth-order valence-electron chi connectivity index (χ4n) is 4.59. The molecule has 2 aromatic rings. The molecule has 11 nitrogen and oxygen atoms in total. The van der Waals surface area contributed by atoms with Crippen molar-refractivity contribution < 1.29 is 28.4 Å². The second-order valence-corrected chi connectivity index (χ2v) is 9.21. The second-order valence-electron chi connectivity index (χ2n) is 9.21. The van der Waals surface area contributed by atoms with Gasteiger partial charge < -0.3 is 34.8 Å². The number of carbonyl (C=O) groups is 3. The molecule has 36 heavy (non-hydrogen) atoms. The van der Waals surface area contributed by atoms with Crippen LogP contribution in [-0.4, -0.2) is 66.4 Å². The molecule has 1 saturated heterocycles. The van der Waals surface area contributed by atoms with Crippen molar-refractivity contribution in [3.8, 4) is 5.75 Å². The van der Waals surface area contributed by atoms with E-state index in [0.717, 1.165) is 6.42 Å². The van der Waals surface area contributed by atoms with E-state index in [0.29, 0.717) is 59.9 Å². The predicted octanol–water partition coefficient (Wildman–Crippen LogP) is 3.23. The molecular weight excluding hydrogens is 466 g/mol. The lowest BCUT2D eigenvalue weighted by Gasteiger charge is -2.42. The van der Waals surface area contributed by atoms with E-state index in [9.17, 15) is 14.4 Å². The largest absolute Gasteiger partial charge is 0.490 e. The van der Waals surface area contributed by atoms with Crippen LogP contribution in [0.15, 0.2) is 22.7 Å². The molecule has 0 spiro atoms. The lowest BCUT2D eigenvalue weighted by Crippen LogP contribution is -2.54. The molecule has 0 saturated carbocycles. The maximum Gasteiger partial charge on any atom is 0.323 e. The lowest BCUT2D eigenvalue weighted by molar-refractivity contribution is -0.134. The van der Waals surface area contributed by atoms with E-state index in [1.807, 2.05) is 6.92 Å². The molecular formula is C25H33N5O6. The number of fused-ring (bicyclic) bond motifs is 2. The van der Waals surface area contributed by atoms with E-state index in [2.05, 4.69) is 21.1 Å². The summed E-state index contributed by atoms with van der Waals surface area (Å²) in [4.78, 5) is 39.7. The van der Waals surface area contributed by atoms with E-state index in [1.165, 1.54) is 0 Å². The third-order valence-corrected chi connectivity index (χ3v) is 6.53. The zero-order chi connectivity index (χ0) is 25.8. The number of nitrogens with one attached hydrogen (secondary N) is 3. The first-order valence-corrected chi connectivity index (χ1v) is 12.2. The Kier molecular flexibility index (Phi) is 7.78. The molecule has 2 aliphatic rings. The third kappa shape index (κ3) is 5.62. The quantitative estimate of drug-likeness (QED) is 0.555. The minimum Gasteiger partial charge on any atom is -0.490 e. The molecule has 0 radical (unpaired) electrons. The third-order valence-electron chi connectivity index (χ3n) is 6.53. The monoisotopic (exact) mass is 499 g/mol. The number of likely N-dealkylation sites (N-methyl/N-ethyl adjacent to an activating group) is 1. The Balaban J connectivity index is 1.44. The van der Waals surface area contributed by atoms with Gasteiger partial charge >= 0.3 is 6.03 Å². The van der Waals surface area contributed by atoms with Crippen LogP contribution in [0.3, 0.4) is 0 Å². The fourth-order valence-corrected chi connectivity index (χ4v) is 4.59. The Labute approximate surface area is 209 Å². The Morgan fingerprint density at radius 3 is 2.72 bits per heavy atom. The van der Waals surface area contributed by atoms with Gasteiger partial charge in [-0.15, -0.1) is 0 Å². The summed E-state index contributed by atoms with van der Waals surface area (Å²) in [7, 11) is 1.75. The molecule has 2 aliphatic heterocycles. The molecule has 194 valence electrons. The van der Waals surface area contributed by atoms with Gasteiger partial charge in [0.25, 0.3) is 5.91 Å². The van der Waals surface area contributed by atoms with Crippen LogP contribution in [0.1, 0.15) is 54.4 Å². The summed E-state index contributed by atoms with van der Waals surface area (Å²) in [5, 5.41) is 12.2. The molecule has 11 heteroatoms. The van der Waals surface area contributed by atoms with Gasteiger partial charge in [-0.05, 0) is 51.3 Å². The maximum absolute atomic E-state index is 13.4. The highest BCUT2D eigenvalue weighted by molar-refractivity contribution is 6.03. The number of rotatable bonds is 6. The Morgan fingerprint density at radius 2 is 2.00 bits per heavy atom. The zero-order valence-corrected chi connectivity index (χ0v) is 21.1. The highest BCUT2D eigenvalue weighted by Crippen LogP contribution is 2.32. The summed E-state index contributed by atoms with van der Waals surface area (Å²) in [6.45, 7) is 6.34. The SMILES string of the molecule is CCCNC(=O)C[C@H]1CC[C@H]2[C@H](COc3ccc(NC(=O)Nc4c(C)noc4C)cc3C(=O)N2C)O1. The number of urea groups is 1. The predicted molar refractivity (Wildman–Crippen MR) is 132 cm³/mol. The van der Waals surface area contributed by atoms with Crippen molar-refractivity contribution in [1.82, 2.24) is 15.4 Å². The Bertz CT molecular complexity index is 1110. The molecule has 4 amide bonds. The minimum atomic E-state index is -0.480. The van der Waals surface area contributed by atoms with Gasteiger partial charge in [0.2, 0.25) is 5.91 Å². The summed E-state index contributed by atoms with van der Waals surface area (Å²) in [5.74, 6) is 0.657. The topological polar surface area (TPSA) is 135 Å². The minimum absolute atomic E-state index is 0.0275. The van der Waals surface area contributed by atoms with Gasteiger partial charge in [-0.2, -0.15) is 0 Å². The van der Waals surface area contributed by atoms with Gasteiger partial charge in [0.15, 0.2) is 5.76 Å². The fraction of sp³-hybridized carbons (Fsp3) is 0.520.